The number of amides is 2. The second-order valence-electron chi connectivity index (χ2n) is 8.65. The van der Waals surface area contributed by atoms with Crippen LogP contribution >= 0.6 is 0 Å². The number of benzene rings is 1. The molecular formula is C24H27N7O2. The van der Waals surface area contributed by atoms with Crippen molar-refractivity contribution in [2.75, 3.05) is 25.5 Å². The maximum atomic E-state index is 12.3. The Bertz CT molecular complexity index is 1310. The van der Waals surface area contributed by atoms with Crippen molar-refractivity contribution in [2.24, 2.45) is 5.92 Å². The van der Waals surface area contributed by atoms with Crippen LogP contribution in [0, 0.1) is 5.92 Å². The van der Waals surface area contributed by atoms with E-state index in [4.69, 9.17) is 0 Å². The van der Waals surface area contributed by atoms with Crippen molar-refractivity contribution >= 4 is 39.6 Å². The van der Waals surface area contributed by atoms with E-state index >= 15 is 0 Å². The number of pyridine rings is 1. The molecule has 33 heavy (non-hydrogen) atoms. The summed E-state index contributed by atoms with van der Waals surface area (Å²) in [6.45, 7) is 5.03. The molecule has 1 fully saturated rings. The first-order chi connectivity index (χ1) is 16.0. The number of carbonyl (C=O) groups excluding carboxylic acids is 2. The number of rotatable bonds is 4. The van der Waals surface area contributed by atoms with Crippen LogP contribution in [0.15, 0.2) is 48.8 Å². The number of aromatic nitrogens is 4. The molecule has 1 aromatic carbocycles. The molecule has 0 saturated carbocycles. The SMILES string of the molecule is CNC(=O)C(=O)Nc1[nH]n([C@@H]2CN(Cc3ccccc3)CC[C@@H]2C)c2c1cnc1nccc12. The van der Waals surface area contributed by atoms with Gasteiger partial charge in [0, 0.05) is 37.9 Å². The Morgan fingerprint density at radius 3 is 2.73 bits per heavy atom. The molecule has 0 unspecified atom stereocenters. The van der Waals surface area contributed by atoms with Gasteiger partial charge in [-0.25, -0.2) is 9.97 Å². The average Bonchev–Trinajstić information content (AvgIpc) is 3.45. The molecule has 5 rings (SSSR count). The summed E-state index contributed by atoms with van der Waals surface area (Å²) in [4.78, 5) is 35.4. The molecule has 3 aromatic heterocycles. The van der Waals surface area contributed by atoms with Crippen LogP contribution in [-0.4, -0.2) is 56.6 Å². The molecule has 9 nitrogen and oxygen atoms in total. The third-order valence-electron chi connectivity index (χ3n) is 6.50. The maximum absolute atomic E-state index is 12.3. The van der Waals surface area contributed by atoms with Crippen molar-refractivity contribution in [1.29, 1.82) is 0 Å². The number of aromatic amines is 1. The van der Waals surface area contributed by atoms with Crippen molar-refractivity contribution in [1.82, 2.24) is 30.0 Å². The summed E-state index contributed by atoms with van der Waals surface area (Å²) in [5, 5.41) is 10.1. The summed E-state index contributed by atoms with van der Waals surface area (Å²) in [5.74, 6) is -0.552. The molecule has 1 saturated heterocycles. The lowest BCUT2D eigenvalue weighted by Crippen LogP contribution is -2.40. The monoisotopic (exact) mass is 445 g/mol. The summed E-state index contributed by atoms with van der Waals surface area (Å²) < 4.78 is 2.13. The average molecular weight is 446 g/mol. The second-order valence-corrected chi connectivity index (χ2v) is 8.65. The third-order valence-corrected chi connectivity index (χ3v) is 6.50. The highest BCUT2D eigenvalue weighted by molar-refractivity contribution is 6.40. The van der Waals surface area contributed by atoms with Gasteiger partial charge in [0.1, 0.15) is 5.82 Å². The molecule has 1 aliphatic heterocycles. The minimum Gasteiger partial charge on any atom is -0.351 e. The molecule has 1 aliphatic rings. The van der Waals surface area contributed by atoms with Crippen molar-refractivity contribution in [3.63, 3.8) is 0 Å². The van der Waals surface area contributed by atoms with E-state index in [9.17, 15) is 9.59 Å². The van der Waals surface area contributed by atoms with E-state index in [-0.39, 0.29) is 6.04 Å². The first kappa shape index (κ1) is 21.1. The normalized spacial score (nSPS) is 19.1. The number of likely N-dealkylation sites (N-methyl/N-ethyl adjacent to an activating group) is 1. The van der Waals surface area contributed by atoms with E-state index in [2.05, 4.69) is 66.5 Å². The third kappa shape index (κ3) is 3.95. The van der Waals surface area contributed by atoms with Crippen molar-refractivity contribution in [2.45, 2.75) is 25.9 Å². The van der Waals surface area contributed by atoms with Gasteiger partial charge in [0.2, 0.25) is 0 Å². The summed E-state index contributed by atoms with van der Waals surface area (Å²) in [6.07, 6.45) is 4.49. The quantitative estimate of drug-likeness (QED) is 0.419. The number of hydrogen-bond acceptors (Lipinski definition) is 5. The fourth-order valence-electron chi connectivity index (χ4n) is 4.69. The molecule has 4 heterocycles. The summed E-state index contributed by atoms with van der Waals surface area (Å²) in [6, 6.07) is 12.6. The number of likely N-dealkylation sites (tertiary alicyclic amines) is 1. The van der Waals surface area contributed by atoms with E-state index in [1.54, 1.807) is 12.4 Å². The van der Waals surface area contributed by atoms with Gasteiger partial charge < -0.3 is 10.6 Å². The van der Waals surface area contributed by atoms with Crippen molar-refractivity contribution in [3.05, 3.63) is 54.4 Å². The zero-order chi connectivity index (χ0) is 22.9. The van der Waals surface area contributed by atoms with Crippen LogP contribution in [0.3, 0.4) is 0 Å². The molecule has 0 bridgehead atoms. The van der Waals surface area contributed by atoms with Crippen molar-refractivity contribution in [3.8, 4) is 0 Å². The van der Waals surface area contributed by atoms with Gasteiger partial charge in [-0.2, -0.15) is 0 Å². The Hall–Kier alpha value is -3.72. The topological polar surface area (TPSA) is 108 Å². The number of fused-ring (bicyclic) bond motifs is 3. The Morgan fingerprint density at radius 2 is 1.94 bits per heavy atom. The summed E-state index contributed by atoms with van der Waals surface area (Å²) >= 11 is 0. The fourth-order valence-corrected chi connectivity index (χ4v) is 4.69. The van der Waals surface area contributed by atoms with Crippen LogP contribution in [-0.2, 0) is 16.1 Å². The van der Waals surface area contributed by atoms with Gasteiger partial charge >= 0.3 is 11.8 Å². The van der Waals surface area contributed by atoms with Gasteiger partial charge in [0.15, 0.2) is 5.65 Å². The molecule has 2 atom stereocenters. The van der Waals surface area contributed by atoms with E-state index in [1.807, 2.05) is 12.1 Å². The summed E-state index contributed by atoms with van der Waals surface area (Å²) in [7, 11) is 1.43. The number of hydrogen-bond donors (Lipinski definition) is 3. The second kappa shape index (κ2) is 8.67. The first-order valence-electron chi connectivity index (χ1n) is 11.2. The summed E-state index contributed by atoms with van der Waals surface area (Å²) in [5.41, 5.74) is 2.88. The van der Waals surface area contributed by atoms with Gasteiger partial charge in [0.25, 0.3) is 0 Å². The number of nitrogens with zero attached hydrogens (tertiary/aromatic N) is 4. The molecule has 9 heteroatoms. The highest BCUT2D eigenvalue weighted by atomic mass is 16.2. The zero-order valence-corrected chi connectivity index (χ0v) is 18.7. The van der Waals surface area contributed by atoms with Crippen LogP contribution in [0.4, 0.5) is 5.82 Å². The van der Waals surface area contributed by atoms with Gasteiger partial charge in [-0.05, 0) is 30.5 Å². The minimum atomic E-state index is -0.726. The Morgan fingerprint density at radius 1 is 1.12 bits per heavy atom. The molecule has 0 aliphatic carbocycles. The Kier molecular flexibility index (Phi) is 5.55. The smallest absolute Gasteiger partial charge is 0.314 e. The minimum absolute atomic E-state index is 0.149. The van der Waals surface area contributed by atoms with Crippen LogP contribution in [0.2, 0.25) is 0 Å². The van der Waals surface area contributed by atoms with Gasteiger partial charge in [-0.3, -0.25) is 24.3 Å². The molecule has 2 amide bonds. The molecule has 4 aromatic rings. The standard InChI is InChI=1S/C24H27N7O2/c1-15-9-11-30(13-16-6-4-3-5-7-16)14-19(15)31-20-17-8-10-26-21(17)27-12-18(20)22(29-31)28-24(33)23(32)25-2/h3-8,10,12,15,19,29H,9,11,13-14H2,1-2H3,(H,25,32)(H,28,33)/t15-,19+/m0/s1. The molecular weight excluding hydrogens is 418 g/mol. The predicted molar refractivity (Wildman–Crippen MR) is 127 cm³/mol. The fraction of sp³-hybridized carbons (Fsp3) is 0.333. The van der Waals surface area contributed by atoms with Gasteiger partial charge in [-0.15, -0.1) is 0 Å². The predicted octanol–water partition coefficient (Wildman–Crippen LogP) is 2.68. The number of anilines is 1. The van der Waals surface area contributed by atoms with Gasteiger partial charge in [0.05, 0.1) is 16.9 Å². The van der Waals surface area contributed by atoms with E-state index < -0.39 is 11.8 Å². The van der Waals surface area contributed by atoms with E-state index in [0.717, 1.165) is 42.3 Å². The highest BCUT2D eigenvalue weighted by Gasteiger charge is 2.30. The van der Waals surface area contributed by atoms with Crippen LogP contribution in [0.1, 0.15) is 24.9 Å². The number of H-pyrrole nitrogens is 1. The molecule has 0 radical (unpaired) electrons. The lowest BCUT2D eigenvalue weighted by Gasteiger charge is -2.38. The molecule has 0 spiro atoms. The van der Waals surface area contributed by atoms with Crippen LogP contribution in [0.25, 0.3) is 21.9 Å². The van der Waals surface area contributed by atoms with Crippen LogP contribution < -0.4 is 10.6 Å². The Labute approximate surface area is 191 Å². The number of carbonyl (C=O) groups is 2. The van der Waals surface area contributed by atoms with Crippen molar-refractivity contribution < 1.29 is 9.59 Å². The molecule has 3 N–H and O–H groups in total. The lowest BCUT2D eigenvalue weighted by atomic mass is 9.93. The zero-order valence-electron chi connectivity index (χ0n) is 18.7. The maximum Gasteiger partial charge on any atom is 0.314 e. The van der Waals surface area contributed by atoms with Crippen LogP contribution in [0.5, 0.6) is 0 Å². The number of piperidine rings is 1. The van der Waals surface area contributed by atoms with Gasteiger partial charge in [-0.1, -0.05) is 37.3 Å². The van der Waals surface area contributed by atoms with E-state index in [1.165, 1.54) is 12.6 Å². The highest BCUT2D eigenvalue weighted by Crippen LogP contribution is 2.36. The molecule has 170 valence electrons. The Balaban J connectivity index is 1.55. The van der Waals surface area contributed by atoms with E-state index in [0.29, 0.717) is 17.4 Å². The number of nitrogens with one attached hydrogen (secondary N) is 3. The first-order valence-corrected chi connectivity index (χ1v) is 11.2. The lowest BCUT2D eigenvalue weighted by molar-refractivity contribution is -0.135. The largest absolute Gasteiger partial charge is 0.351 e.